The van der Waals surface area contributed by atoms with Crippen molar-refractivity contribution in [3.05, 3.63) is 0 Å². The van der Waals surface area contributed by atoms with Gasteiger partial charge in [-0.05, 0) is 45.4 Å². The van der Waals surface area contributed by atoms with E-state index in [2.05, 4.69) is 29.8 Å². The fraction of sp³-hybridized carbons (Fsp3) is 1.00. The molecule has 0 radical (unpaired) electrons. The van der Waals surface area contributed by atoms with Gasteiger partial charge in [0.15, 0.2) is 0 Å². The van der Waals surface area contributed by atoms with Gasteiger partial charge in [-0.25, -0.2) is 0 Å². The van der Waals surface area contributed by atoms with E-state index in [4.69, 9.17) is 0 Å². The molecule has 0 aromatic carbocycles. The molecular formula is C16H41N3. The Morgan fingerprint density at radius 2 is 0.895 bits per heavy atom. The minimum atomic E-state index is 1.09. The van der Waals surface area contributed by atoms with Crippen LogP contribution in [0.2, 0.25) is 0 Å². The van der Waals surface area contributed by atoms with Crippen LogP contribution in [0.3, 0.4) is 0 Å². The van der Waals surface area contributed by atoms with Crippen LogP contribution in [0.5, 0.6) is 0 Å². The molecule has 0 amide bonds. The molecule has 0 saturated carbocycles. The second kappa shape index (κ2) is 30.7. The summed E-state index contributed by atoms with van der Waals surface area (Å²) in [6.45, 7) is 19.2. The van der Waals surface area contributed by atoms with Crippen LogP contribution in [0.4, 0.5) is 0 Å². The second-order valence-electron chi connectivity index (χ2n) is 3.96. The molecule has 120 valence electrons. The number of hydrogen-bond donors (Lipinski definition) is 3. The Bertz CT molecular complexity index is 96.2. The third-order valence-corrected chi connectivity index (χ3v) is 2.32. The molecule has 0 spiro atoms. The van der Waals surface area contributed by atoms with Crippen molar-refractivity contribution in [2.24, 2.45) is 0 Å². The summed E-state index contributed by atoms with van der Waals surface area (Å²) in [4.78, 5) is 0. The van der Waals surface area contributed by atoms with Crippen molar-refractivity contribution < 1.29 is 0 Å². The predicted octanol–water partition coefficient (Wildman–Crippen LogP) is 3.41. The van der Waals surface area contributed by atoms with Gasteiger partial charge in [-0.1, -0.05) is 48.0 Å². The van der Waals surface area contributed by atoms with Crippen LogP contribution < -0.4 is 16.0 Å². The summed E-state index contributed by atoms with van der Waals surface area (Å²) < 4.78 is 0. The molecule has 0 unspecified atom stereocenters. The molecule has 0 aromatic heterocycles. The van der Waals surface area contributed by atoms with Crippen molar-refractivity contribution in [1.29, 1.82) is 0 Å². The number of rotatable bonds is 12. The summed E-state index contributed by atoms with van der Waals surface area (Å²) in [5.41, 5.74) is 0. The molecule has 3 N–H and O–H groups in total. The topological polar surface area (TPSA) is 36.1 Å². The Labute approximate surface area is 123 Å². The van der Waals surface area contributed by atoms with E-state index in [-0.39, 0.29) is 0 Å². The van der Waals surface area contributed by atoms with Gasteiger partial charge >= 0.3 is 0 Å². The SMILES string of the molecule is CC.CC.CCCCNCCNCCCNCCC. The van der Waals surface area contributed by atoms with Gasteiger partial charge in [0, 0.05) is 13.1 Å². The van der Waals surface area contributed by atoms with Gasteiger partial charge < -0.3 is 16.0 Å². The van der Waals surface area contributed by atoms with Crippen LogP contribution in [0.25, 0.3) is 0 Å². The standard InChI is InChI=1S/C12H29N3.2C2H6/c1-3-5-8-14-11-12-15-10-6-9-13-7-4-2;2*1-2/h13-15H,3-12H2,1-2H3;2*1-2H3. The molecule has 0 rings (SSSR count). The Balaban J connectivity index is -0.000000579. The lowest BCUT2D eigenvalue weighted by molar-refractivity contribution is 0.564. The van der Waals surface area contributed by atoms with Crippen LogP contribution in [-0.4, -0.2) is 39.3 Å². The molecule has 3 nitrogen and oxygen atoms in total. The lowest BCUT2D eigenvalue weighted by atomic mass is 10.3. The van der Waals surface area contributed by atoms with Gasteiger partial charge in [0.25, 0.3) is 0 Å². The third kappa shape index (κ3) is 31.9. The maximum atomic E-state index is 3.44. The lowest BCUT2D eigenvalue weighted by Crippen LogP contribution is -2.29. The summed E-state index contributed by atoms with van der Waals surface area (Å²) in [6, 6.07) is 0. The van der Waals surface area contributed by atoms with Gasteiger partial charge in [0.1, 0.15) is 0 Å². The van der Waals surface area contributed by atoms with Gasteiger partial charge in [0.2, 0.25) is 0 Å². The zero-order chi connectivity index (χ0) is 15.2. The summed E-state index contributed by atoms with van der Waals surface area (Å²) >= 11 is 0. The number of unbranched alkanes of at least 4 members (excludes halogenated alkanes) is 1. The van der Waals surface area contributed by atoms with Crippen molar-refractivity contribution in [2.45, 2.75) is 67.2 Å². The van der Waals surface area contributed by atoms with Crippen molar-refractivity contribution in [3.8, 4) is 0 Å². The molecule has 19 heavy (non-hydrogen) atoms. The highest BCUT2D eigenvalue weighted by molar-refractivity contribution is 4.54. The van der Waals surface area contributed by atoms with Crippen molar-refractivity contribution in [2.75, 3.05) is 39.3 Å². The first-order chi connectivity index (χ1) is 9.41. The molecule has 0 saturated heterocycles. The summed E-state index contributed by atoms with van der Waals surface area (Å²) in [7, 11) is 0. The Morgan fingerprint density at radius 1 is 0.474 bits per heavy atom. The van der Waals surface area contributed by atoms with Crippen LogP contribution in [-0.2, 0) is 0 Å². The molecule has 0 atom stereocenters. The highest BCUT2D eigenvalue weighted by Gasteiger charge is 1.89. The summed E-state index contributed by atoms with van der Waals surface area (Å²) in [5.74, 6) is 0. The largest absolute Gasteiger partial charge is 0.317 e. The fourth-order valence-electron chi connectivity index (χ4n) is 1.37. The van der Waals surface area contributed by atoms with Crippen LogP contribution in [0.15, 0.2) is 0 Å². The van der Waals surface area contributed by atoms with E-state index in [9.17, 15) is 0 Å². The Morgan fingerprint density at radius 3 is 1.32 bits per heavy atom. The summed E-state index contributed by atoms with van der Waals surface area (Å²) in [5, 5.41) is 10.3. The molecule has 3 heteroatoms. The zero-order valence-electron chi connectivity index (χ0n) is 14.6. The quantitative estimate of drug-likeness (QED) is 0.478. The van der Waals surface area contributed by atoms with E-state index < -0.39 is 0 Å². The maximum Gasteiger partial charge on any atom is 0.00767 e. The van der Waals surface area contributed by atoms with Crippen LogP contribution in [0, 0.1) is 0 Å². The van der Waals surface area contributed by atoms with Gasteiger partial charge in [-0.2, -0.15) is 0 Å². The Kier molecular flexibility index (Phi) is 38.7. The molecule has 0 fully saturated rings. The molecule has 0 bridgehead atoms. The minimum absolute atomic E-state index is 1.09. The predicted molar refractivity (Wildman–Crippen MR) is 91.1 cm³/mol. The van der Waals surface area contributed by atoms with Crippen LogP contribution in [0.1, 0.15) is 67.2 Å². The van der Waals surface area contributed by atoms with E-state index in [0.717, 1.165) is 39.3 Å². The highest BCUT2D eigenvalue weighted by atomic mass is 14.9. The molecule has 0 aliphatic carbocycles. The molecule has 0 aliphatic rings. The maximum absolute atomic E-state index is 3.44. The monoisotopic (exact) mass is 275 g/mol. The first-order valence-electron chi connectivity index (χ1n) is 8.54. The smallest absolute Gasteiger partial charge is 0.00767 e. The van der Waals surface area contributed by atoms with Crippen molar-refractivity contribution in [3.63, 3.8) is 0 Å². The molecule has 0 aromatic rings. The Hall–Kier alpha value is -0.120. The van der Waals surface area contributed by atoms with E-state index >= 15 is 0 Å². The molecular weight excluding hydrogens is 234 g/mol. The molecule has 0 aliphatic heterocycles. The summed E-state index contributed by atoms with van der Waals surface area (Å²) in [6.07, 6.45) is 5.04. The van der Waals surface area contributed by atoms with E-state index in [1.807, 2.05) is 27.7 Å². The van der Waals surface area contributed by atoms with Gasteiger partial charge in [-0.15, -0.1) is 0 Å². The average molecular weight is 276 g/mol. The lowest BCUT2D eigenvalue weighted by Gasteiger charge is -2.06. The highest BCUT2D eigenvalue weighted by Crippen LogP contribution is 1.81. The number of nitrogens with one attached hydrogen (secondary N) is 3. The van der Waals surface area contributed by atoms with Gasteiger partial charge in [-0.3, -0.25) is 0 Å². The first kappa shape index (κ1) is 23.9. The zero-order valence-corrected chi connectivity index (χ0v) is 14.6. The minimum Gasteiger partial charge on any atom is -0.317 e. The first-order valence-corrected chi connectivity index (χ1v) is 8.54. The van der Waals surface area contributed by atoms with E-state index in [0.29, 0.717) is 0 Å². The normalized spacial score (nSPS) is 9.16. The van der Waals surface area contributed by atoms with Crippen molar-refractivity contribution in [1.82, 2.24) is 16.0 Å². The third-order valence-electron chi connectivity index (χ3n) is 2.32. The van der Waals surface area contributed by atoms with Gasteiger partial charge in [0.05, 0.1) is 0 Å². The van der Waals surface area contributed by atoms with E-state index in [1.165, 1.54) is 25.7 Å². The van der Waals surface area contributed by atoms with Crippen molar-refractivity contribution >= 4 is 0 Å². The van der Waals surface area contributed by atoms with Crippen LogP contribution >= 0.6 is 0 Å². The second-order valence-corrected chi connectivity index (χ2v) is 3.96. The average Bonchev–Trinajstić information content (AvgIpc) is 2.49. The molecule has 0 heterocycles. The van der Waals surface area contributed by atoms with E-state index in [1.54, 1.807) is 0 Å². The number of hydrogen-bond acceptors (Lipinski definition) is 3. The fourth-order valence-corrected chi connectivity index (χ4v) is 1.37.